The topological polar surface area (TPSA) is 37.8 Å². The fourth-order valence-corrected chi connectivity index (χ4v) is 2.32. The summed E-state index contributed by atoms with van der Waals surface area (Å²) in [6.45, 7) is 2.00. The Morgan fingerprint density at radius 3 is 2.56 bits per heavy atom. The van der Waals surface area contributed by atoms with Crippen molar-refractivity contribution in [2.45, 2.75) is 13.0 Å². The van der Waals surface area contributed by atoms with Crippen LogP contribution in [-0.4, -0.2) is 17.0 Å². The van der Waals surface area contributed by atoms with Gasteiger partial charge in [-0.25, -0.2) is 0 Å². The molecule has 0 radical (unpaired) electrons. The van der Waals surface area contributed by atoms with Gasteiger partial charge in [0.1, 0.15) is 0 Å². The van der Waals surface area contributed by atoms with Gasteiger partial charge in [-0.2, -0.15) is 0 Å². The second kappa shape index (κ2) is 5.65. The van der Waals surface area contributed by atoms with Gasteiger partial charge >= 0.3 is 0 Å². The molecule has 0 saturated heterocycles. The summed E-state index contributed by atoms with van der Waals surface area (Å²) < 4.78 is 0. The zero-order valence-electron chi connectivity index (χ0n) is 10.1. The minimum Gasteiger partial charge on any atom is -0.308 e. The highest BCUT2D eigenvalue weighted by molar-refractivity contribution is 6.34. The Kier molecular flexibility index (Phi) is 4.17. The molecule has 2 rings (SSSR count). The van der Waals surface area contributed by atoms with Crippen molar-refractivity contribution in [3.63, 3.8) is 0 Å². The molecule has 1 unspecified atom stereocenters. The largest absolute Gasteiger partial charge is 0.308 e. The van der Waals surface area contributed by atoms with Crippen molar-refractivity contribution in [1.82, 2.24) is 15.3 Å². The van der Waals surface area contributed by atoms with Crippen molar-refractivity contribution in [3.8, 4) is 0 Å². The predicted octanol–water partition coefficient (Wildman–Crippen LogP) is 3.40. The minimum absolute atomic E-state index is 0.0952. The normalized spacial score (nSPS) is 12.4. The number of nitrogens with one attached hydrogen (secondary N) is 1. The monoisotopic (exact) mass is 281 g/mol. The summed E-state index contributed by atoms with van der Waals surface area (Å²) in [6.07, 6.45) is 5.21. The van der Waals surface area contributed by atoms with Gasteiger partial charge in [-0.1, -0.05) is 29.3 Å². The molecule has 5 heteroatoms. The van der Waals surface area contributed by atoms with Crippen LogP contribution in [0.25, 0.3) is 0 Å². The lowest BCUT2D eigenvalue weighted by molar-refractivity contribution is 0.668. The molecule has 1 N–H and O–H groups in total. The molecule has 0 bridgehead atoms. The maximum atomic E-state index is 6.19. The van der Waals surface area contributed by atoms with Gasteiger partial charge in [0.25, 0.3) is 0 Å². The average molecular weight is 282 g/mol. The lowest BCUT2D eigenvalue weighted by Crippen LogP contribution is -2.19. The molecule has 0 aliphatic heterocycles. The van der Waals surface area contributed by atoms with E-state index < -0.39 is 0 Å². The molecule has 0 aromatic carbocycles. The fraction of sp³-hybridized carbons (Fsp3) is 0.231. The molecular formula is C13H13Cl2N3. The molecule has 1 atom stereocenters. The van der Waals surface area contributed by atoms with E-state index in [4.69, 9.17) is 23.2 Å². The molecule has 3 nitrogen and oxygen atoms in total. The Morgan fingerprint density at radius 2 is 1.94 bits per heavy atom. The molecule has 0 fully saturated rings. The molecule has 0 amide bonds. The zero-order valence-corrected chi connectivity index (χ0v) is 11.6. The summed E-state index contributed by atoms with van der Waals surface area (Å²) in [5.74, 6) is 0. The first-order valence-electron chi connectivity index (χ1n) is 5.51. The number of rotatable bonds is 3. The Bertz CT molecular complexity index is 558. The fourth-order valence-electron chi connectivity index (χ4n) is 1.84. The van der Waals surface area contributed by atoms with E-state index in [2.05, 4.69) is 21.4 Å². The second-order valence-electron chi connectivity index (χ2n) is 4.04. The van der Waals surface area contributed by atoms with Crippen LogP contribution < -0.4 is 5.32 Å². The number of halogens is 2. The van der Waals surface area contributed by atoms with E-state index in [1.165, 1.54) is 0 Å². The van der Waals surface area contributed by atoms with Crippen LogP contribution in [0.5, 0.6) is 0 Å². The standard InChI is InChI=1S/C13H13Cl2N3/c1-8-3-9(6-17-5-8)12(16-2)13-11(15)4-10(14)7-18-13/h3-7,12,16H,1-2H3. The molecule has 0 aliphatic rings. The van der Waals surface area contributed by atoms with Crippen molar-refractivity contribution in [2.75, 3.05) is 7.05 Å². The van der Waals surface area contributed by atoms with E-state index in [9.17, 15) is 0 Å². The van der Waals surface area contributed by atoms with E-state index in [1.807, 2.05) is 20.2 Å². The number of nitrogens with zero attached hydrogens (tertiary/aromatic N) is 2. The van der Waals surface area contributed by atoms with E-state index in [1.54, 1.807) is 18.5 Å². The van der Waals surface area contributed by atoms with Gasteiger partial charge < -0.3 is 5.32 Å². The zero-order chi connectivity index (χ0) is 13.1. The quantitative estimate of drug-likeness (QED) is 0.937. The maximum Gasteiger partial charge on any atom is 0.0806 e. The van der Waals surface area contributed by atoms with Crippen molar-refractivity contribution < 1.29 is 0 Å². The smallest absolute Gasteiger partial charge is 0.0806 e. The number of pyridine rings is 2. The van der Waals surface area contributed by atoms with Crippen LogP contribution in [0.2, 0.25) is 10.0 Å². The van der Waals surface area contributed by atoms with E-state index in [0.717, 1.165) is 16.8 Å². The SMILES string of the molecule is CNC(c1cncc(C)c1)c1ncc(Cl)cc1Cl. The molecule has 0 aliphatic carbocycles. The predicted molar refractivity (Wildman–Crippen MR) is 74.1 cm³/mol. The molecule has 2 heterocycles. The van der Waals surface area contributed by atoms with Crippen molar-refractivity contribution >= 4 is 23.2 Å². The van der Waals surface area contributed by atoms with Crippen LogP contribution in [0, 0.1) is 6.92 Å². The lowest BCUT2D eigenvalue weighted by Gasteiger charge is -2.17. The Balaban J connectivity index is 2.45. The first kappa shape index (κ1) is 13.3. The molecule has 0 spiro atoms. The summed E-state index contributed by atoms with van der Waals surface area (Å²) in [4.78, 5) is 8.49. The molecule has 0 saturated carbocycles. The first-order valence-corrected chi connectivity index (χ1v) is 6.27. The summed E-state index contributed by atoms with van der Waals surface area (Å²) in [6, 6.07) is 3.65. The van der Waals surface area contributed by atoms with E-state index in [0.29, 0.717) is 10.0 Å². The highest BCUT2D eigenvalue weighted by atomic mass is 35.5. The van der Waals surface area contributed by atoms with Gasteiger partial charge in [0.05, 0.1) is 21.8 Å². The molecule has 94 valence electrons. The Morgan fingerprint density at radius 1 is 1.17 bits per heavy atom. The number of hydrogen-bond donors (Lipinski definition) is 1. The van der Waals surface area contributed by atoms with Crippen LogP contribution in [0.4, 0.5) is 0 Å². The van der Waals surface area contributed by atoms with Crippen LogP contribution in [0.15, 0.2) is 30.7 Å². The van der Waals surface area contributed by atoms with Crippen molar-refractivity contribution in [3.05, 3.63) is 57.6 Å². The average Bonchev–Trinajstić information content (AvgIpc) is 2.33. The van der Waals surface area contributed by atoms with Gasteiger partial charge in [-0.3, -0.25) is 9.97 Å². The summed E-state index contributed by atoms with van der Waals surface area (Å²) in [5, 5.41) is 4.27. The Labute approximate surface area is 116 Å². The minimum atomic E-state index is -0.0952. The van der Waals surface area contributed by atoms with Gasteiger partial charge in [-0.15, -0.1) is 0 Å². The van der Waals surface area contributed by atoms with Gasteiger partial charge in [0.2, 0.25) is 0 Å². The van der Waals surface area contributed by atoms with Gasteiger partial charge in [0, 0.05) is 18.6 Å². The second-order valence-corrected chi connectivity index (χ2v) is 4.88. The van der Waals surface area contributed by atoms with Gasteiger partial charge in [0.15, 0.2) is 0 Å². The number of aryl methyl sites for hydroxylation is 1. The summed E-state index contributed by atoms with van der Waals surface area (Å²) in [7, 11) is 1.86. The highest BCUT2D eigenvalue weighted by Crippen LogP contribution is 2.28. The third-order valence-corrected chi connectivity index (χ3v) is 3.14. The molecule has 18 heavy (non-hydrogen) atoms. The first-order chi connectivity index (χ1) is 8.61. The van der Waals surface area contributed by atoms with Crippen molar-refractivity contribution in [2.24, 2.45) is 0 Å². The third-order valence-electron chi connectivity index (χ3n) is 2.63. The van der Waals surface area contributed by atoms with Crippen LogP contribution >= 0.6 is 23.2 Å². The molecule has 2 aromatic rings. The molecule has 2 aromatic heterocycles. The van der Waals surface area contributed by atoms with Crippen LogP contribution in [0.3, 0.4) is 0 Å². The number of aromatic nitrogens is 2. The lowest BCUT2D eigenvalue weighted by atomic mass is 10.0. The molecular weight excluding hydrogens is 269 g/mol. The third kappa shape index (κ3) is 2.80. The van der Waals surface area contributed by atoms with Crippen LogP contribution in [-0.2, 0) is 0 Å². The number of hydrogen-bond acceptors (Lipinski definition) is 3. The maximum absolute atomic E-state index is 6.19. The summed E-state index contributed by atoms with van der Waals surface area (Å²) >= 11 is 12.0. The van der Waals surface area contributed by atoms with E-state index in [-0.39, 0.29) is 6.04 Å². The van der Waals surface area contributed by atoms with Crippen LogP contribution in [0.1, 0.15) is 22.9 Å². The van der Waals surface area contributed by atoms with E-state index >= 15 is 0 Å². The Hall–Kier alpha value is -1.16. The van der Waals surface area contributed by atoms with Crippen molar-refractivity contribution in [1.29, 1.82) is 0 Å². The summed E-state index contributed by atoms with van der Waals surface area (Å²) in [5.41, 5.74) is 2.86. The van der Waals surface area contributed by atoms with Gasteiger partial charge in [-0.05, 0) is 31.2 Å². The highest BCUT2D eigenvalue weighted by Gasteiger charge is 2.17.